The molecular formula is C26H35N5O6S. The second kappa shape index (κ2) is 10.6. The highest BCUT2D eigenvalue weighted by molar-refractivity contribution is 7.92. The van der Waals surface area contributed by atoms with Crippen LogP contribution in [-0.2, 0) is 14.8 Å². The van der Waals surface area contributed by atoms with Gasteiger partial charge in [0.05, 0.1) is 48.3 Å². The number of anilines is 4. The number of hydrogen-bond donors (Lipinski definition) is 4. The third-order valence-corrected chi connectivity index (χ3v) is 8.93. The Bertz CT molecular complexity index is 1290. The number of nitrogens with zero attached hydrogens (tertiary/aromatic N) is 3. The molecule has 38 heavy (non-hydrogen) atoms. The zero-order valence-electron chi connectivity index (χ0n) is 21.5. The minimum atomic E-state index is -3.75. The Morgan fingerprint density at radius 2 is 1.89 bits per heavy atom. The number of sulfonamides is 1. The highest BCUT2D eigenvalue weighted by Crippen LogP contribution is 2.54. The number of aliphatic hydroxyl groups excluding tert-OH is 1. The number of amides is 1. The molecule has 1 aromatic carbocycles. The molecule has 0 radical (unpaired) electrons. The first-order chi connectivity index (χ1) is 18.2. The van der Waals surface area contributed by atoms with E-state index in [1.54, 1.807) is 18.2 Å². The van der Waals surface area contributed by atoms with Gasteiger partial charge in [-0.1, -0.05) is 0 Å². The number of benzene rings is 1. The van der Waals surface area contributed by atoms with E-state index < -0.39 is 22.4 Å². The van der Waals surface area contributed by atoms with Crippen molar-refractivity contribution in [3.8, 4) is 5.75 Å². The molecule has 1 saturated carbocycles. The number of morpholine rings is 1. The standard InChI is InChI=1S/C26H35N5O6S/c1-18-17-31(10-12-37-18)22-14-19(2-3-23(22)33)25(34)28-20-16-27-24(29-38(35,36)13-11-32)15-21(20)30-8-6-26(4-5-26)7-9-30/h2-3,14-16,18,32-33H,4-13,17H2,1H3,(H,27,29)(H,28,34)/t18-/m1/s1. The molecule has 3 fully saturated rings. The smallest absolute Gasteiger partial charge is 0.255 e. The molecule has 12 heteroatoms. The van der Waals surface area contributed by atoms with Crippen molar-refractivity contribution in [2.75, 3.05) is 65.0 Å². The summed E-state index contributed by atoms with van der Waals surface area (Å²) in [6.45, 7) is 4.83. The zero-order chi connectivity index (χ0) is 26.9. The molecular weight excluding hydrogens is 510 g/mol. The van der Waals surface area contributed by atoms with Crippen molar-refractivity contribution in [1.29, 1.82) is 0 Å². The summed E-state index contributed by atoms with van der Waals surface area (Å²) in [4.78, 5) is 21.7. The summed E-state index contributed by atoms with van der Waals surface area (Å²) >= 11 is 0. The number of carbonyl (C=O) groups is 1. The minimum Gasteiger partial charge on any atom is -0.506 e. The van der Waals surface area contributed by atoms with Crippen molar-refractivity contribution < 1.29 is 28.2 Å². The Morgan fingerprint density at radius 3 is 2.58 bits per heavy atom. The average molecular weight is 546 g/mol. The predicted octanol–water partition coefficient (Wildman–Crippen LogP) is 2.38. The molecule has 1 atom stereocenters. The monoisotopic (exact) mass is 545 g/mol. The second-order valence-electron chi connectivity index (χ2n) is 10.5. The fourth-order valence-electron chi connectivity index (χ4n) is 5.24. The number of nitrogens with one attached hydrogen (secondary N) is 2. The summed E-state index contributed by atoms with van der Waals surface area (Å²) in [7, 11) is -3.75. The van der Waals surface area contributed by atoms with Crippen LogP contribution in [0.5, 0.6) is 5.75 Å². The molecule has 3 aliphatic rings. The van der Waals surface area contributed by atoms with Crippen LogP contribution in [0.4, 0.5) is 22.9 Å². The Kier molecular flexibility index (Phi) is 7.38. The molecule has 1 spiro atoms. The molecule has 2 aliphatic heterocycles. The predicted molar refractivity (Wildman–Crippen MR) is 146 cm³/mol. The number of phenols is 1. The van der Waals surface area contributed by atoms with E-state index in [1.165, 1.54) is 25.1 Å². The van der Waals surface area contributed by atoms with Gasteiger partial charge in [-0.15, -0.1) is 0 Å². The lowest BCUT2D eigenvalue weighted by Crippen LogP contribution is -2.41. The van der Waals surface area contributed by atoms with Gasteiger partial charge in [0.25, 0.3) is 5.91 Å². The number of pyridine rings is 1. The Balaban J connectivity index is 1.39. The molecule has 1 aromatic heterocycles. The lowest BCUT2D eigenvalue weighted by molar-refractivity contribution is 0.0531. The molecule has 1 aliphatic carbocycles. The van der Waals surface area contributed by atoms with Crippen molar-refractivity contribution >= 4 is 38.8 Å². The second-order valence-corrected chi connectivity index (χ2v) is 12.3. The van der Waals surface area contributed by atoms with Gasteiger partial charge >= 0.3 is 0 Å². The van der Waals surface area contributed by atoms with E-state index in [1.807, 2.05) is 11.8 Å². The molecule has 3 heterocycles. The fourth-order valence-corrected chi connectivity index (χ4v) is 6.01. The van der Waals surface area contributed by atoms with Crippen molar-refractivity contribution in [2.45, 2.75) is 38.7 Å². The molecule has 1 amide bonds. The topological polar surface area (TPSA) is 144 Å². The van der Waals surface area contributed by atoms with Crippen LogP contribution in [-0.4, -0.2) is 80.8 Å². The normalized spacial score (nSPS) is 20.8. The van der Waals surface area contributed by atoms with Gasteiger partial charge in [0.1, 0.15) is 11.6 Å². The SMILES string of the molecule is C[C@@H]1CN(c2cc(C(=O)Nc3cnc(NS(=O)(=O)CCO)cc3N3CCC4(CC3)CC4)ccc2O)CCO1. The molecule has 4 N–H and O–H groups in total. The lowest BCUT2D eigenvalue weighted by Gasteiger charge is -2.35. The molecule has 5 rings (SSSR count). The van der Waals surface area contributed by atoms with Gasteiger partial charge in [-0.05, 0) is 56.2 Å². The van der Waals surface area contributed by atoms with E-state index in [0.717, 1.165) is 25.9 Å². The van der Waals surface area contributed by atoms with Crippen molar-refractivity contribution in [3.05, 3.63) is 36.0 Å². The third kappa shape index (κ3) is 5.97. The first-order valence-corrected chi connectivity index (χ1v) is 14.7. The maximum atomic E-state index is 13.4. The fraction of sp³-hybridized carbons (Fsp3) is 0.538. The largest absolute Gasteiger partial charge is 0.506 e. The van der Waals surface area contributed by atoms with Gasteiger partial charge in [-0.3, -0.25) is 9.52 Å². The summed E-state index contributed by atoms with van der Waals surface area (Å²) in [6, 6.07) is 6.39. The van der Waals surface area contributed by atoms with Gasteiger partial charge in [-0.25, -0.2) is 13.4 Å². The number of carbonyl (C=O) groups excluding carboxylic acids is 1. The van der Waals surface area contributed by atoms with Crippen LogP contribution >= 0.6 is 0 Å². The summed E-state index contributed by atoms with van der Waals surface area (Å²) in [6.07, 6.45) is 6.07. The van der Waals surface area contributed by atoms with Gasteiger partial charge in [0.15, 0.2) is 0 Å². The summed E-state index contributed by atoms with van der Waals surface area (Å²) in [5, 5.41) is 22.5. The first kappa shape index (κ1) is 26.5. The van der Waals surface area contributed by atoms with Gasteiger partial charge in [0, 0.05) is 37.8 Å². The van der Waals surface area contributed by atoms with Crippen molar-refractivity contribution in [2.24, 2.45) is 5.41 Å². The Labute approximate surface area is 222 Å². The first-order valence-electron chi connectivity index (χ1n) is 13.0. The van der Waals surface area contributed by atoms with E-state index in [4.69, 9.17) is 9.84 Å². The number of phenolic OH excluding ortho intramolecular Hbond substituents is 1. The van der Waals surface area contributed by atoms with Crippen molar-refractivity contribution in [1.82, 2.24) is 4.98 Å². The van der Waals surface area contributed by atoms with E-state index in [-0.39, 0.29) is 23.6 Å². The maximum absolute atomic E-state index is 13.4. The van der Waals surface area contributed by atoms with Crippen LogP contribution in [0.25, 0.3) is 0 Å². The minimum absolute atomic E-state index is 0.0157. The van der Waals surface area contributed by atoms with Crippen LogP contribution in [0.1, 0.15) is 43.0 Å². The number of ether oxygens (including phenoxy) is 1. The molecule has 0 unspecified atom stereocenters. The highest BCUT2D eigenvalue weighted by atomic mass is 32.2. The Hall–Kier alpha value is -3.09. The lowest BCUT2D eigenvalue weighted by atomic mass is 9.93. The summed E-state index contributed by atoms with van der Waals surface area (Å²) in [5.74, 6) is -0.564. The number of aliphatic hydroxyl groups is 1. The number of aromatic hydroxyl groups is 1. The van der Waals surface area contributed by atoms with Gasteiger partial charge in [-0.2, -0.15) is 0 Å². The van der Waals surface area contributed by atoms with E-state index >= 15 is 0 Å². The van der Waals surface area contributed by atoms with Crippen LogP contribution < -0.4 is 19.8 Å². The van der Waals surface area contributed by atoms with Crippen LogP contribution in [0.15, 0.2) is 30.5 Å². The summed E-state index contributed by atoms with van der Waals surface area (Å²) in [5.41, 5.74) is 2.56. The zero-order valence-corrected chi connectivity index (χ0v) is 22.3. The molecule has 11 nitrogen and oxygen atoms in total. The van der Waals surface area contributed by atoms with Crippen LogP contribution in [0, 0.1) is 5.41 Å². The van der Waals surface area contributed by atoms with Gasteiger partial charge in [0.2, 0.25) is 10.0 Å². The molecule has 206 valence electrons. The average Bonchev–Trinajstić information content (AvgIpc) is 3.64. The van der Waals surface area contributed by atoms with Crippen LogP contribution in [0.2, 0.25) is 0 Å². The third-order valence-electron chi connectivity index (χ3n) is 7.69. The summed E-state index contributed by atoms with van der Waals surface area (Å²) < 4.78 is 32.4. The number of rotatable bonds is 8. The van der Waals surface area contributed by atoms with Crippen LogP contribution in [0.3, 0.4) is 0 Å². The molecule has 2 aromatic rings. The quantitative estimate of drug-likeness (QED) is 0.393. The molecule has 0 bridgehead atoms. The van der Waals surface area contributed by atoms with E-state index in [0.29, 0.717) is 47.7 Å². The highest BCUT2D eigenvalue weighted by Gasteiger charge is 2.44. The maximum Gasteiger partial charge on any atom is 0.255 e. The number of piperidine rings is 1. The number of hydrogen-bond acceptors (Lipinski definition) is 9. The number of aromatic nitrogens is 1. The van der Waals surface area contributed by atoms with Crippen molar-refractivity contribution in [3.63, 3.8) is 0 Å². The van der Waals surface area contributed by atoms with E-state index in [9.17, 15) is 18.3 Å². The van der Waals surface area contributed by atoms with Gasteiger partial charge < -0.3 is 30.1 Å². The Morgan fingerprint density at radius 1 is 1.13 bits per heavy atom. The molecule has 2 saturated heterocycles. The van der Waals surface area contributed by atoms with E-state index in [2.05, 4.69) is 19.9 Å².